The van der Waals surface area contributed by atoms with Gasteiger partial charge in [-0.1, -0.05) is 19.3 Å². The molecule has 0 saturated carbocycles. The lowest BCUT2D eigenvalue weighted by Gasteiger charge is -2.46. The maximum absolute atomic E-state index is 10.6. The van der Waals surface area contributed by atoms with Crippen LogP contribution in [-0.4, -0.2) is 128 Å². The average molecular weight is 499 g/mol. The molecule has 0 spiro atoms. The van der Waals surface area contributed by atoms with Crippen molar-refractivity contribution in [2.24, 2.45) is 0 Å². The molecule has 0 aromatic rings. The van der Waals surface area contributed by atoms with Crippen LogP contribution < -0.4 is 0 Å². The Balaban J connectivity index is 2.00. The summed E-state index contributed by atoms with van der Waals surface area (Å²) in [6.45, 7) is 0.465. The Hall–Kier alpha value is -0.970. The second-order valence-electron chi connectivity index (χ2n) is 8.80. The van der Waals surface area contributed by atoms with Crippen molar-refractivity contribution in [2.75, 3.05) is 13.2 Å². The van der Waals surface area contributed by atoms with Gasteiger partial charge in [-0.25, -0.2) is 0 Å². The quantitative estimate of drug-likeness (QED) is 0.123. The van der Waals surface area contributed by atoms with E-state index in [9.17, 15) is 40.5 Å². The molecule has 8 N–H and O–H groups in total. The first-order valence-electron chi connectivity index (χ1n) is 11.6. The number of hydrogen-bond acceptors (Lipinski definition) is 12. The normalized spacial score (nSPS) is 39.6. The Kier molecular flexibility index (Phi) is 12.0. The summed E-state index contributed by atoms with van der Waals surface area (Å²) in [6, 6.07) is 0. The third-order valence-electron chi connectivity index (χ3n) is 6.08. The van der Waals surface area contributed by atoms with Crippen LogP contribution in [0.1, 0.15) is 45.4 Å². The molecule has 13 nitrogen and oxygen atoms in total. The number of unbranched alkanes of at least 4 members (excludes halogenated alkanes) is 3. The first-order valence-corrected chi connectivity index (χ1v) is 11.6. The van der Waals surface area contributed by atoms with Gasteiger partial charge in [0.2, 0.25) is 0 Å². The van der Waals surface area contributed by atoms with Crippen LogP contribution in [0.2, 0.25) is 0 Å². The monoisotopic (exact) mass is 498 g/mol. The lowest BCUT2D eigenvalue weighted by molar-refractivity contribution is -0.371. The number of ether oxygens (including phenoxy) is 4. The predicted octanol–water partition coefficient (Wildman–Crippen LogP) is -2.56. The highest BCUT2D eigenvalue weighted by Gasteiger charge is 2.51. The molecule has 2 aliphatic rings. The number of aliphatic carboxylic acids is 1. The van der Waals surface area contributed by atoms with Crippen molar-refractivity contribution >= 4 is 5.97 Å². The summed E-state index contributed by atoms with van der Waals surface area (Å²) in [5.74, 6) is -0.837. The summed E-state index contributed by atoms with van der Waals surface area (Å²) in [6.07, 6.45) is -11.8. The Morgan fingerprint density at radius 2 is 1.35 bits per heavy atom. The van der Waals surface area contributed by atoms with Crippen LogP contribution >= 0.6 is 0 Å². The largest absolute Gasteiger partial charge is 0.481 e. The minimum absolute atomic E-state index is 0.113. The standard InChI is InChI=1S/C21H38O13/c1-10(6-4-2-3-5-7-13(24)25)31-21-19(17(29)15(27)12(9-23)33-21)34-20-18(30)16(28)14(26)11(8-22)32-20/h10-12,14-23,26-30H,2-9H2,1H3,(H,24,25)/t10-,11?,12?,14?,15?,16?,17-,18?,19?,20?,21?/m0/s1. The lowest BCUT2D eigenvalue weighted by atomic mass is 9.97. The van der Waals surface area contributed by atoms with Crippen LogP contribution in [0, 0.1) is 0 Å². The Morgan fingerprint density at radius 3 is 1.94 bits per heavy atom. The summed E-state index contributed by atoms with van der Waals surface area (Å²) in [5.41, 5.74) is 0. The number of aliphatic hydroxyl groups is 7. The fourth-order valence-corrected chi connectivity index (χ4v) is 4.00. The molecule has 2 fully saturated rings. The van der Waals surface area contributed by atoms with Crippen molar-refractivity contribution in [3.8, 4) is 0 Å². The first-order chi connectivity index (χ1) is 16.1. The number of aliphatic hydroxyl groups excluding tert-OH is 7. The molecule has 0 aromatic heterocycles. The van der Waals surface area contributed by atoms with E-state index in [1.165, 1.54) is 0 Å². The molecule has 200 valence electrons. The first kappa shape index (κ1) is 29.3. The van der Waals surface area contributed by atoms with Gasteiger partial charge in [0, 0.05) is 6.42 Å². The zero-order valence-electron chi connectivity index (χ0n) is 19.1. The van der Waals surface area contributed by atoms with Gasteiger partial charge in [-0.3, -0.25) is 4.79 Å². The molecule has 9 unspecified atom stereocenters. The van der Waals surface area contributed by atoms with E-state index in [1.807, 2.05) is 0 Å². The molecular weight excluding hydrogens is 460 g/mol. The van der Waals surface area contributed by atoms with E-state index >= 15 is 0 Å². The summed E-state index contributed by atoms with van der Waals surface area (Å²) in [5, 5.41) is 78.5. The zero-order valence-corrected chi connectivity index (χ0v) is 19.1. The molecule has 2 heterocycles. The Labute approximate surface area is 197 Å². The molecule has 34 heavy (non-hydrogen) atoms. The van der Waals surface area contributed by atoms with Crippen molar-refractivity contribution in [2.45, 2.75) is 113 Å². The summed E-state index contributed by atoms with van der Waals surface area (Å²) in [7, 11) is 0. The van der Waals surface area contributed by atoms with E-state index in [0.717, 1.165) is 19.3 Å². The summed E-state index contributed by atoms with van der Waals surface area (Å²) >= 11 is 0. The highest BCUT2D eigenvalue weighted by Crippen LogP contribution is 2.30. The van der Waals surface area contributed by atoms with Gasteiger partial charge in [-0.15, -0.1) is 0 Å². The van der Waals surface area contributed by atoms with Crippen LogP contribution in [0.3, 0.4) is 0 Å². The highest BCUT2D eigenvalue weighted by atomic mass is 16.8. The third kappa shape index (κ3) is 7.77. The van der Waals surface area contributed by atoms with Crippen molar-refractivity contribution in [1.82, 2.24) is 0 Å². The maximum Gasteiger partial charge on any atom is 0.303 e. The van der Waals surface area contributed by atoms with E-state index < -0.39 is 86.7 Å². The van der Waals surface area contributed by atoms with Gasteiger partial charge in [0.15, 0.2) is 12.6 Å². The Bertz CT molecular complexity index is 605. The van der Waals surface area contributed by atoms with E-state index in [2.05, 4.69) is 0 Å². The van der Waals surface area contributed by atoms with Crippen LogP contribution in [0.5, 0.6) is 0 Å². The zero-order chi connectivity index (χ0) is 25.4. The predicted molar refractivity (Wildman–Crippen MR) is 112 cm³/mol. The van der Waals surface area contributed by atoms with Crippen LogP contribution in [0.15, 0.2) is 0 Å². The number of hydrogen-bond donors (Lipinski definition) is 8. The molecule has 0 aromatic carbocycles. The van der Waals surface area contributed by atoms with Crippen LogP contribution in [0.4, 0.5) is 0 Å². The third-order valence-corrected chi connectivity index (χ3v) is 6.08. The van der Waals surface area contributed by atoms with Gasteiger partial charge in [0.25, 0.3) is 0 Å². The van der Waals surface area contributed by atoms with Crippen molar-refractivity contribution < 1.29 is 64.6 Å². The van der Waals surface area contributed by atoms with Crippen LogP contribution in [-0.2, 0) is 23.7 Å². The van der Waals surface area contributed by atoms with Crippen molar-refractivity contribution in [1.29, 1.82) is 0 Å². The maximum atomic E-state index is 10.6. The minimum atomic E-state index is -1.73. The van der Waals surface area contributed by atoms with Gasteiger partial charge in [-0.05, 0) is 19.8 Å². The van der Waals surface area contributed by atoms with Crippen molar-refractivity contribution in [3.05, 3.63) is 0 Å². The molecule has 2 saturated heterocycles. The fourth-order valence-electron chi connectivity index (χ4n) is 4.00. The molecule has 2 rings (SSSR count). The summed E-state index contributed by atoms with van der Waals surface area (Å²) in [4.78, 5) is 10.6. The molecule has 0 radical (unpaired) electrons. The second-order valence-corrected chi connectivity index (χ2v) is 8.80. The van der Waals surface area contributed by atoms with Gasteiger partial charge in [0.1, 0.15) is 48.8 Å². The molecular formula is C21H38O13. The summed E-state index contributed by atoms with van der Waals surface area (Å²) < 4.78 is 22.4. The SMILES string of the molecule is C[C@@H](CCCCCCC(=O)O)OC1OC(CO)C(O)[C@H](O)C1OC1OC(CO)C(O)C(O)C1O. The van der Waals surface area contributed by atoms with Gasteiger partial charge in [0.05, 0.1) is 19.3 Å². The average Bonchev–Trinajstić information content (AvgIpc) is 2.80. The number of rotatable bonds is 13. The van der Waals surface area contributed by atoms with E-state index in [4.69, 9.17) is 24.1 Å². The number of carboxylic acid groups (broad SMARTS) is 1. The molecule has 0 amide bonds. The fraction of sp³-hybridized carbons (Fsp3) is 0.952. The highest BCUT2D eigenvalue weighted by molar-refractivity contribution is 5.66. The van der Waals surface area contributed by atoms with E-state index in [-0.39, 0.29) is 6.42 Å². The van der Waals surface area contributed by atoms with Crippen LogP contribution in [0.25, 0.3) is 0 Å². The van der Waals surface area contributed by atoms with Gasteiger partial charge >= 0.3 is 5.97 Å². The second kappa shape index (κ2) is 13.9. The molecule has 11 atom stereocenters. The molecule has 13 heteroatoms. The molecule has 2 aliphatic heterocycles. The number of carboxylic acids is 1. The Morgan fingerprint density at radius 1 is 0.794 bits per heavy atom. The van der Waals surface area contributed by atoms with Crippen molar-refractivity contribution in [3.63, 3.8) is 0 Å². The minimum Gasteiger partial charge on any atom is -0.481 e. The topological polar surface area (TPSA) is 216 Å². The van der Waals surface area contributed by atoms with Gasteiger partial charge in [-0.2, -0.15) is 0 Å². The smallest absolute Gasteiger partial charge is 0.303 e. The molecule has 0 bridgehead atoms. The number of carbonyl (C=O) groups is 1. The molecule has 0 aliphatic carbocycles. The van der Waals surface area contributed by atoms with E-state index in [0.29, 0.717) is 12.8 Å². The van der Waals surface area contributed by atoms with E-state index in [1.54, 1.807) is 6.92 Å². The van der Waals surface area contributed by atoms with Gasteiger partial charge < -0.3 is 59.8 Å². The lowest BCUT2D eigenvalue weighted by Crippen LogP contribution is -2.64.